The molecule has 0 unspecified atom stereocenters. The summed E-state index contributed by atoms with van der Waals surface area (Å²) in [6.07, 6.45) is 0. The topological polar surface area (TPSA) is 44.8 Å². The summed E-state index contributed by atoms with van der Waals surface area (Å²) in [4.78, 5) is 11.8. The average Bonchev–Trinajstić information content (AvgIpc) is 2.37. The molecule has 1 aromatic rings. The van der Waals surface area contributed by atoms with Gasteiger partial charge >= 0.3 is 0 Å². The van der Waals surface area contributed by atoms with Crippen molar-refractivity contribution in [3.05, 3.63) is 23.3 Å². The Morgan fingerprint density at radius 1 is 1.18 bits per heavy atom. The van der Waals surface area contributed by atoms with E-state index in [4.69, 9.17) is 14.2 Å². The minimum atomic E-state index is -0.0809. The summed E-state index contributed by atoms with van der Waals surface area (Å²) in [6, 6.07) is 3.56. The lowest BCUT2D eigenvalue weighted by Gasteiger charge is -2.13. The van der Waals surface area contributed by atoms with Crippen LogP contribution in [0.5, 0.6) is 11.5 Å². The van der Waals surface area contributed by atoms with Crippen molar-refractivity contribution in [1.29, 1.82) is 0 Å². The van der Waals surface area contributed by atoms with E-state index in [1.54, 1.807) is 19.2 Å². The first kappa shape index (κ1) is 14.0. The highest BCUT2D eigenvalue weighted by Crippen LogP contribution is 2.31. The van der Waals surface area contributed by atoms with Crippen molar-refractivity contribution >= 4 is 21.7 Å². The quantitative estimate of drug-likeness (QED) is 0.598. The number of Topliss-reactive ketones (excluding diaryl/α,β-unsaturated/α-hetero) is 1. The second-order valence-electron chi connectivity index (χ2n) is 3.37. The van der Waals surface area contributed by atoms with Gasteiger partial charge in [-0.1, -0.05) is 15.9 Å². The van der Waals surface area contributed by atoms with E-state index >= 15 is 0 Å². The molecule has 0 saturated carbocycles. The minimum absolute atomic E-state index is 0.0809. The van der Waals surface area contributed by atoms with Crippen LogP contribution in [0.3, 0.4) is 0 Å². The summed E-state index contributed by atoms with van der Waals surface area (Å²) >= 11 is 3.14. The molecule has 17 heavy (non-hydrogen) atoms. The maximum Gasteiger partial charge on any atom is 0.180 e. The van der Waals surface area contributed by atoms with E-state index in [-0.39, 0.29) is 11.1 Å². The van der Waals surface area contributed by atoms with Crippen LogP contribution >= 0.6 is 15.9 Å². The maximum atomic E-state index is 11.8. The average molecular weight is 303 g/mol. The van der Waals surface area contributed by atoms with Crippen LogP contribution in [0.15, 0.2) is 12.1 Å². The van der Waals surface area contributed by atoms with Gasteiger partial charge in [0.2, 0.25) is 0 Å². The molecule has 0 bridgehead atoms. The number of halogens is 1. The van der Waals surface area contributed by atoms with Gasteiger partial charge in [0.1, 0.15) is 17.1 Å². The molecule has 0 saturated heterocycles. The molecule has 0 spiro atoms. The van der Waals surface area contributed by atoms with E-state index in [9.17, 15) is 4.79 Å². The molecule has 0 aliphatic rings. The third-order valence-corrected chi connectivity index (χ3v) is 2.79. The van der Waals surface area contributed by atoms with Crippen LogP contribution in [-0.2, 0) is 11.3 Å². The Balaban J connectivity index is 3.30. The molecular formula is C12H15BrO4. The lowest BCUT2D eigenvalue weighted by Crippen LogP contribution is -2.07. The summed E-state index contributed by atoms with van der Waals surface area (Å²) in [5, 5.41) is 0.226. The molecule has 0 heterocycles. The van der Waals surface area contributed by atoms with Crippen LogP contribution in [0.1, 0.15) is 15.9 Å². The molecule has 0 fully saturated rings. The van der Waals surface area contributed by atoms with Crippen LogP contribution in [0.2, 0.25) is 0 Å². The van der Waals surface area contributed by atoms with Gasteiger partial charge in [0.15, 0.2) is 5.78 Å². The second-order valence-corrected chi connectivity index (χ2v) is 3.93. The summed E-state index contributed by atoms with van der Waals surface area (Å²) < 4.78 is 15.5. The third-order valence-electron chi connectivity index (χ3n) is 2.28. The molecule has 0 aromatic heterocycles. The smallest absolute Gasteiger partial charge is 0.180 e. The van der Waals surface area contributed by atoms with Crippen molar-refractivity contribution in [2.24, 2.45) is 0 Å². The predicted octanol–water partition coefficient (Wildman–Crippen LogP) is 2.43. The van der Waals surface area contributed by atoms with E-state index in [1.165, 1.54) is 14.2 Å². The van der Waals surface area contributed by atoms with Gasteiger partial charge in [-0.05, 0) is 17.7 Å². The monoisotopic (exact) mass is 302 g/mol. The zero-order chi connectivity index (χ0) is 12.8. The molecule has 4 nitrogen and oxygen atoms in total. The number of rotatable bonds is 6. The Labute approximate surface area is 109 Å². The Bertz CT molecular complexity index is 378. The molecule has 0 radical (unpaired) electrons. The van der Waals surface area contributed by atoms with Gasteiger partial charge in [-0.2, -0.15) is 0 Å². The molecule has 94 valence electrons. The molecule has 0 aliphatic carbocycles. The Kier molecular flexibility index (Phi) is 5.44. The van der Waals surface area contributed by atoms with Crippen molar-refractivity contribution in [3.63, 3.8) is 0 Å². The first-order chi connectivity index (χ1) is 8.17. The van der Waals surface area contributed by atoms with E-state index in [0.29, 0.717) is 23.7 Å². The Hall–Kier alpha value is -1.07. The lowest BCUT2D eigenvalue weighted by molar-refractivity contribution is 0.101. The summed E-state index contributed by atoms with van der Waals surface area (Å²) in [5.41, 5.74) is 1.35. The van der Waals surface area contributed by atoms with Crippen molar-refractivity contribution in [3.8, 4) is 11.5 Å². The number of benzene rings is 1. The van der Waals surface area contributed by atoms with Crippen LogP contribution in [0, 0.1) is 0 Å². The number of hydrogen-bond acceptors (Lipinski definition) is 4. The number of ketones is 1. The van der Waals surface area contributed by atoms with Crippen molar-refractivity contribution in [2.45, 2.75) is 6.61 Å². The standard InChI is InChI=1S/C12H15BrO4/c1-15-7-8-4-10(16-2)12(9(14)6-13)11(5-8)17-3/h4-5H,6-7H2,1-3H3. The fourth-order valence-electron chi connectivity index (χ4n) is 1.56. The van der Waals surface area contributed by atoms with E-state index < -0.39 is 0 Å². The number of methoxy groups -OCH3 is 3. The second kappa shape index (κ2) is 6.61. The number of carbonyl (C=O) groups is 1. The van der Waals surface area contributed by atoms with Crippen LogP contribution in [-0.4, -0.2) is 32.4 Å². The van der Waals surface area contributed by atoms with Crippen LogP contribution < -0.4 is 9.47 Å². The Morgan fingerprint density at radius 2 is 1.71 bits per heavy atom. The number of ether oxygens (including phenoxy) is 3. The Morgan fingerprint density at radius 3 is 2.06 bits per heavy atom. The highest BCUT2D eigenvalue weighted by molar-refractivity contribution is 9.09. The van der Waals surface area contributed by atoms with E-state index in [2.05, 4.69) is 15.9 Å². The van der Waals surface area contributed by atoms with Crippen LogP contribution in [0.4, 0.5) is 0 Å². The third kappa shape index (κ3) is 3.20. The molecule has 5 heteroatoms. The first-order valence-corrected chi connectivity index (χ1v) is 6.13. The summed E-state index contributed by atoms with van der Waals surface area (Å²) in [7, 11) is 4.66. The van der Waals surface area contributed by atoms with Gasteiger partial charge in [0.25, 0.3) is 0 Å². The zero-order valence-electron chi connectivity index (χ0n) is 10.1. The molecule has 0 N–H and O–H groups in total. The largest absolute Gasteiger partial charge is 0.496 e. The van der Waals surface area contributed by atoms with Crippen LogP contribution in [0.25, 0.3) is 0 Å². The van der Waals surface area contributed by atoms with Crippen molar-refractivity contribution < 1.29 is 19.0 Å². The summed E-state index contributed by atoms with van der Waals surface area (Å²) in [5.74, 6) is 0.921. The molecule has 0 atom stereocenters. The van der Waals surface area contributed by atoms with Gasteiger partial charge in [-0.15, -0.1) is 0 Å². The highest BCUT2D eigenvalue weighted by atomic mass is 79.9. The maximum absolute atomic E-state index is 11.8. The number of alkyl halides is 1. The number of carbonyl (C=O) groups excluding carboxylic acids is 1. The molecule has 0 amide bonds. The SMILES string of the molecule is COCc1cc(OC)c(C(=O)CBr)c(OC)c1. The van der Waals surface area contributed by atoms with Crippen molar-refractivity contribution in [1.82, 2.24) is 0 Å². The zero-order valence-corrected chi connectivity index (χ0v) is 11.7. The molecule has 1 aromatic carbocycles. The fraction of sp³-hybridized carbons (Fsp3) is 0.417. The van der Waals surface area contributed by atoms with Gasteiger partial charge in [-0.25, -0.2) is 0 Å². The summed E-state index contributed by atoms with van der Waals surface area (Å²) in [6.45, 7) is 0.440. The molecule has 0 aliphatic heterocycles. The number of hydrogen-bond donors (Lipinski definition) is 0. The minimum Gasteiger partial charge on any atom is -0.496 e. The molecule has 1 rings (SSSR count). The highest BCUT2D eigenvalue weighted by Gasteiger charge is 2.18. The van der Waals surface area contributed by atoms with Gasteiger partial charge in [0, 0.05) is 7.11 Å². The fourth-order valence-corrected chi connectivity index (χ4v) is 1.84. The van der Waals surface area contributed by atoms with Gasteiger partial charge in [0.05, 0.1) is 26.2 Å². The van der Waals surface area contributed by atoms with Crippen molar-refractivity contribution in [2.75, 3.05) is 26.7 Å². The predicted molar refractivity (Wildman–Crippen MR) is 68.4 cm³/mol. The normalized spacial score (nSPS) is 10.1. The van der Waals surface area contributed by atoms with Gasteiger partial charge in [-0.3, -0.25) is 4.79 Å². The first-order valence-electron chi connectivity index (χ1n) is 5.00. The van der Waals surface area contributed by atoms with E-state index in [1.807, 2.05) is 0 Å². The lowest BCUT2D eigenvalue weighted by atomic mass is 10.1. The van der Waals surface area contributed by atoms with Gasteiger partial charge < -0.3 is 14.2 Å². The molecular weight excluding hydrogens is 288 g/mol. The van der Waals surface area contributed by atoms with E-state index in [0.717, 1.165) is 5.56 Å².